The van der Waals surface area contributed by atoms with Crippen molar-refractivity contribution < 1.29 is 52.2 Å². The molecule has 0 saturated carbocycles. The second-order valence-corrected chi connectivity index (χ2v) is 6.88. The van der Waals surface area contributed by atoms with Crippen LogP contribution in [0, 0.1) is 0 Å². The van der Waals surface area contributed by atoms with Gasteiger partial charge in [-0.3, -0.25) is 0 Å². The Morgan fingerprint density at radius 1 is 0.441 bits per heavy atom. The van der Waals surface area contributed by atoms with E-state index in [9.17, 15) is 4.79 Å². The van der Waals surface area contributed by atoms with E-state index >= 15 is 0 Å². The molecule has 0 fully saturated rings. The molecule has 11 nitrogen and oxygen atoms in total. The first-order valence-electron chi connectivity index (χ1n) is 12.1. The van der Waals surface area contributed by atoms with Gasteiger partial charge in [0.1, 0.15) is 6.61 Å². The van der Waals surface area contributed by atoms with Crippen LogP contribution in [0.5, 0.6) is 0 Å². The largest absolute Gasteiger partial charge is 0.467 e. The highest BCUT2D eigenvalue weighted by Gasteiger charge is 1.99. The summed E-state index contributed by atoms with van der Waals surface area (Å²) in [6.07, 6.45) is 2.24. The Bertz CT molecular complexity index is 399. The highest BCUT2D eigenvalue weighted by Crippen LogP contribution is 1.89. The zero-order chi connectivity index (χ0) is 24.8. The minimum Gasteiger partial charge on any atom is -0.467 e. The van der Waals surface area contributed by atoms with E-state index in [2.05, 4.69) is 11.7 Å². The first-order chi connectivity index (χ1) is 16.8. The molecular formula is C23H46O11. The van der Waals surface area contributed by atoms with Gasteiger partial charge in [0.25, 0.3) is 0 Å². The maximum atomic E-state index is 10.8. The molecule has 0 saturated heterocycles. The van der Waals surface area contributed by atoms with Gasteiger partial charge in [-0.25, -0.2) is 4.79 Å². The van der Waals surface area contributed by atoms with Crippen LogP contribution in [0.4, 0.5) is 0 Å². The maximum absolute atomic E-state index is 10.8. The molecule has 0 aromatic rings. The number of hydrogen-bond acceptors (Lipinski definition) is 11. The van der Waals surface area contributed by atoms with Crippen molar-refractivity contribution in [2.45, 2.75) is 19.8 Å². The third kappa shape index (κ3) is 29.1. The van der Waals surface area contributed by atoms with E-state index in [0.717, 1.165) is 19.4 Å². The molecule has 0 unspecified atom stereocenters. The average molecular weight is 499 g/mol. The quantitative estimate of drug-likeness (QED) is 0.109. The summed E-state index contributed by atoms with van der Waals surface area (Å²) >= 11 is 0. The second-order valence-electron chi connectivity index (χ2n) is 6.88. The van der Waals surface area contributed by atoms with Crippen molar-refractivity contribution in [1.82, 2.24) is 0 Å². The molecular weight excluding hydrogens is 452 g/mol. The monoisotopic (exact) mass is 498 g/mol. The van der Waals surface area contributed by atoms with Gasteiger partial charge in [0.2, 0.25) is 0 Å². The second kappa shape index (κ2) is 30.1. The molecule has 0 amide bonds. The standard InChI is InChI=1S/C23H46O11/c1-3-4-5-26-6-7-27-8-9-28-10-11-29-12-13-30-14-15-31-16-17-32-18-19-33-20-21-34-22-23(24)25-2/h3-22H2,1-2H3. The first-order valence-corrected chi connectivity index (χ1v) is 12.1. The van der Waals surface area contributed by atoms with Crippen molar-refractivity contribution in [1.29, 1.82) is 0 Å². The maximum Gasteiger partial charge on any atom is 0.331 e. The van der Waals surface area contributed by atoms with E-state index in [1.165, 1.54) is 7.11 Å². The van der Waals surface area contributed by atoms with E-state index in [0.29, 0.717) is 106 Å². The molecule has 0 atom stereocenters. The van der Waals surface area contributed by atoms with E-state index in [-0.39, 0.29) is 6.61 Å². The van der Waals surface area contributed by atoms with Crippen molar-refractivity contribution >= 4 is 5.97 Å². The van der Waals surface area contributed by atoms with E-state index < -0.39 is 5.97 Å². The summed E-state index contributed by atoms with van der Waals surface area (Å²) in [6.45, 7) is 11.0. The van der Waals surface area contributed by atoms with Gasteiger partial charge in [0.15, 0.2) is 0 Å². The zero-order valence-corrected chi connectivity index (χ0v) is 21.1. The van der Waals surface area contributed by atoms with E-state index in [1.54, 1.807) is 0 Å². The van der Waals surface area contributed by atoms with Crippen LogP contribution in [-0.2, 0) is 52.2 Å². The van der Waals surface area contributed by atoms with Crippen molar-refractivity contribution in [3.05, 3.63) is 0 Å². The average Bonchev–Trinajstić information content (AvgIpc) is 2.85. The fourth-order valence-corrected chi connectivity index (χ4v) is 2.22. The van der Waals surface area contributed by atoms with Crippen molar-refractivity contribution in [2.75, 3.05) is 126 Å². The lowest BCUT2D eigenvalue weighted by molar-refractivity contribution is -0.146. The molecule has 0 bridgehead atoms. The molecule has 0 radical (unpaired) electrons. The van der Waals surface area contributed by atoms with Gasteiger partial charge in [-0.15, -0.1) is 0 Å². The van der Waals surface area contributed by atoms with Crippen LogP contribution in [0.15, 0.2) is 0 Å². The summed E-state index contributed by atoms with van der Waals surface area (Å²) in [4.78, 5) is 10.8. The van der Waals surface area contributed by atoms with Crippen LogP contribution in [0.3, 0.4) is 0 Å². The minimum absolute atomic E-state index is 0.0634. The number of unbranched alkanes of at least 4 members (excludes halogenated alkanes) is 1. The summed E-state index contributed by atoms with van der Waals surface area (Å²) in [6, 6.07) is 0. The fourth-order valence-electron chi connectivity index (χ4n) is 2.22. The fraction of sp³-hybridized carbons (Fsp3) is 0.957. The van der Waals surface area contributed by atoms with Crippen LogP contribution >= 0.6 is 0 Å². The van der Waals surface area contributed by atoms with Crippen LogP contribution in [-0.4, -0.2) is 132 Å². The summed E-state index contributed by atoms with van der Waals surface area (Å²) in [5, 5.41) is 0. The minimum atomic E-state index is -0.403. The number of carbonyl (C=O) groups excluding carboxylic acids is 1. The summed E-state index contributed by atoms with van der Waals surface area (Å²) in [7, 11) is 1.32. The van der Waals surface area contributed by atoms with Gasteiger partial charge in [-0.05, 0) is 6.42 Å². The highest BCUT2D eigenvalue weighted by atomic mass is 16.6. The topological polar surface area (TPSA) is 109 Å². The Labute approximate surface area is 204 Å². The number of methoxy groups -OCH3 is 1. The van der Waals surface area contributed by atoms with Gasteiger partial charge < -0.3 is 47.4 Å². The zero-order valence-electron chi connectivity index (χ0n) is 21.1. The molecule has 0 N–H and O–H groups in total. The van der Waals surface area contributed by atoms with E-state index in [4.69, 9.17) is 42.6 Å². The predicted molar refractivity (Wildman–Crippen MR) is 124 cm³/mol. The Balaban J connectivity index is 3.02. The van der Waals surface area contributed by atoms with Crippen molar-refractivity contribution in [3.8, 4) is 0 Å². The third-order valence-electron chi connectivity index (χ3n) is 4.07. The van der Waals surface area contributed by atoms with Crippen molar-refractivity contribution in [3.63, 3.8) is 0 Å². The third-order valence-corrected chi connectivity index (χ3v) is 4.07. The number of esters is 1. The molecule has 0 aliphatic carbocycles. The number of ether oxygens (including phenoxy) is 10. The lowest BCUT2D eigenvalue weighted by Gasteiger charge is -2.08. The van der Waals surface area contributed by atoms with Crippen LogP contribution < -0.4 is 0 Å². The van der Waals surface area contributed by atoms with Gasteiger partial charge in [0, 0.05) is 6.61 Å². The van der Waals surface area contributed by atoms with Gasteiger partial charge in [-0.1, -0.05) is 13.3 Å². The molecule has 0 rings (SSSR count). The van der Waals surface area contributed by atoms with Crippen molar-refractivity contribution in [2.24, 2.45) is 0 Å². The Kier molecular flexibility index (Phi) is 29.4. The lowest BCUT2D eigenvalue weighted by Crippen LogP contribution is -2.16. The van der Waals surface area contributed by atoms with Gasteiger partial charge >= 0.3 is 5.97 Å². The molecule has 11 heteroatoms. The summed E-state index contributed by atoms with van der Waals surface area (Å²) < 4.78 is 52.7. The van der Waals surface area contributed by atoms with Crippen LogP contribution in [0.1, 0.15) is 19.8 Å². The Morgan fingerprint density at radius 2 is 0.706 bits per heavy atom. The summed E-state index contributed by atoms with van der Waals surface area (Å²) in [5.41, 5.74) is 0. The first kappa shape index (κ1) is 33.1. The molecule has 0 aromatic carbocycles. The molecule has 0 heterocycles. The molecule has 0 aliphatic heterocycles. The van der Waals surface area contributed by atoms with Crippen LogP contribution in [0.25, 0.3) is 0 Å². The van der Waals surface area contributed by atoms with Gasteiger partial charge in [-0.2, -0.15) is 0 Å². The van der Waals surface area contributed by atoms with Crippen LogP contribution in [0.2, 0.25) is 0 Å². The smallest absolute Gasteiger partial charge is 0.331 e. The van der Waals surface area contributed by atoms with Gasteiger partial charge in [0.05, 0.1) is 113 Å². The predicted octanol–water partition coefficient (Wildman–Crippen LogP) is 1.11. The molecule has 204 valence electrons. The molecule has 0 aliphatic rings. The molecule has 0 spiro atoms. The normalized spacial score (nSPS) is 11.2. The Morgan fingerprint density at radius 3 is 0.971 bits per heavy atom. The number of carbonyl (C=O) groups is 1. The number of hydrogen-bond donors (Lipinski definition) is 0. The van der Waals surface area contributed by atoms with E-state index in [1.807, 2.05) is 0 Å². The molecule has 34 heavy (non-hydrogen) atoms. The SMILES string of the molecule is CCCCOCCOCCOCCOCCOCCOCCOCCOCCOCC(=O)OC. The lowest BCUT2D eigenvalue weighted by atomic mass is 10.4. The molecule has 0 aromatic heterocycles. The summed E-state index contributed by atoms with van der Waals surface area (Å²) in [5.74, 6) is -0.403. The number of rotatable bonds is 29. The highest BCUT2D eigenvalue weighted by molar-refractivity contribution is 5.70. The Hall–Kier alpha value is -0.890.